The summed E-state index contributed by atoms with van der Waals surface area (Å²) >= 11 is 17.9. The first-order valence-electron chi connectivity index (χ1n) is 6.31. The molecule has 2 aromatic rings. The molecule has 0 aliphatic heterocycles. The van der Waals surface area contributed by atoms with Crippen molar-refractivity contribution in [1.82, 2.24) is 0 Å². The maximum atomic E-state index is 12.4. The lowest BCUT2D eigenvalue weighted by Gasteiger charge is -2.12. The van der Waals surface area contributed by atoms with Gasteiger partial charge in [-0.15, -0.1) is 0 Å². The van der Waals surface area contributed by atoms with Crippen LogP contribution in [0.15, 0.2) is 36.4 Å². The van der Waals surface area contributed by atoms with E-state index in [1.165, 1.54) is 0 Å². The van der Waals surface area contributed by atoms with Crippen molar-refractivity contribution in [3.8, 4) is 0 Å². The Morgan fingerprint density at radius 2 is 1.62 bits per heavy atom. The van der Waals surface area contributed by atoms with Gasteiger partial charge in [0.1, 0.15) is 0 Å². The number of carbonyl (C=O) groups is 1. The van der Waals surface area contributed by atoms with E-state index in [-0.39, 0.29) is 5.91 Å². The molecule has 110 valence electrons. The molecule has 2 rings (SSSR count). The molecule has 0 atom stereocenters. The Balaban J connectivity index is 2.29. The van der Waals surface area contributed by atoms with Gasteiger partial charge in [-0.1, -0.05) is 34.8 Å². The molecule has 2 N–H and O–H groups in total. The minimum absolute atomic E-state index is 0.294. The first-order valence-corrected chi connectivity index (χ1v) is 7.44. The number of benzene rings is 2. The average molecular weight is 344 g/mol. The number of hydrogen-bond acceptors (Lipinski definition) is 2. The van der Waals surface area contributed by atoms with Gasteiger partial charge in [0, 0.05) is 22.3 Å². The van der Waals surface area contributed by atoms with Gasteiger partial charge >= 0.3 is 0 Å². The van der Waals surface area contributed by atoms with Gasteiger partial charge in [-0.3, -0.25) is 4.79 Å². The highest BCUT2D eigenvalue weighted by Crippen LogP contribution is 2.27. The summed E-state index contributed by atoms with van der Waals surface area (Å²) < 4.78 is 0. The summed E-state index contributed by atoms with van der Waals surface area (Å²) in [6.07, 6.45) is 0. The van der Waals surface area contributed by atoms with Gasteiger partial charge < -0.3 is 10.6 Å². The molecule has 0 aliphatic rings. The van der Waals surface area contributed by atoms with Crippen molar-refractivity contribution in [2.24, 2.45) is 0 Å². The minimum Gasteiger partial charge on any atom is -0.385 e. The standard InChI is InChI=1S/C15H13Cl3N2O/c1-2-19-13-5-3-9(16)7-11(13)15(21)20-14-6-4-10(17)8-12(14)18/h3-8,19H,2H2,1H3,(H,20,21). The predicted octanol–water partition coefficient (Wildman–Crippen LogP) is 5.33. The highest BCUT2D eigenvalue weighted by molar-refractivity contribution is 6.37. The zero-order valence-electron chi connectivity index (χ0n) is 11.2. The Bertz CT molecular complexity index is 674. The van der Waals surface area contributed by atoms with Crippen LogP contribution in [0.5, 0.6) is 0 Å². The number of anilines is 2. The lowest BCUT2D eigenvalue weighted by Crippen LogP contribution is -2.15. The third-order valence-corrected chi connectivity index (χ3v) is 3.56. The number of carbonyl (C=O) groups excluding carboxylic acids is 1. The van der Waals surface area contributed by atoms with Crippen LogP contribution in [0.4, 0.5) is 11.4 Å². The molecule has 1 amide bonds. The quantitative estimate of drug-likeness (QED) is 0.787. The summed E-state index contributed by atoms with van der Waals surface area (Å²) in [5, 5.41) is 7.25. The van der Waals surface area contributed by atoms with Gasteiger partial charge in [-0.2, -0.15) is 0 Å². The molecule has 0 saturated heterocycles. The Morgan fingerprint density at radius 3 is 2.24 bits per heavy atom. The van der Waals surface area contributed by atoms with Crippen LogP contribution in [0, 0.1) is 0 Å². The van der Waals surface area contributed by atoms with E-state index in [4.69, 9.17) is 34.8 Å². The largest absolute Gasteiger partial charge is 0.385 e. The number of hydrogen-bond donors (Lipinski definition) is 2. The van der Waals surface area contributed by atoms with E-state index < -0.39 is 0 Å². The third kappa shape index (κ3) is 4.03. The van der Waals surface area contributed by atoms with Crippen LogP contribution in [0.3, 0.4) is 0 Å². The van der Waals surface area contributed by atoms with Crippen molar-refractivity contribution in [3.05, 3.63) is 57.0 Å². The average Bonchev–Trinajstić information content (AvgIpc) is 2.44. The molecular formula is C15H13Cl3N2O. The van der Waals surface area contributed by atoms with E-state index in [9.17, 15) is 4.79 Å². The Labute approximate surface area is 138 Å². The fourth-order valence-corrected chi connectivity index (χ4v) is 2.46. The summed E-state index contributed by atoms with van der Waals surface area (Å²) in [7, 11) is 0. The molecule has 0 bridgehead atoms. The lowest BCUT2D eigenvalue weighted by atomic mass is 10.1. The summed E-state index contributed by atoms with van der Waals surface area (Å²) in [4.78, 5) is 12.4. The molecular weight excluding hydrogens is 331 g/mol. The molecule has 0 fully saturated rings. The van der Waals surface area contributed by atoms with Gasteiger partial charge in [0.25, 0.3) is 5.91 Å². The summed E-state index contributed by atoms with van der Waals surface area (Å²) in [6.45, 7) is 2.65. The van der Waals surface area contributed by atoms with Crippen LogP contribution in [0.1, 0.15) is 17.3 Å². The maximum Gasteiger partial charge on any atom is 0.257 e. The topological polar surface area (TPSA) is 41.1 Å². The maximum absolute atomic E-state index is 12.4. The van der Waals surface area contributed by atoms with Crippen LogP contribution in [-0.2, 0) is 0 Å². The van der Waals surface area contributed by atoms with E-state index in [2.05, 4.69) is 10.6 Å². The van der Waals surface area contributed by atoms with Crippen molar-refractivity contribution in [3.63, 3.8) is 0 Å². The second-order valence-electron chi connectivity index (χ2n) is 4.30. The first-order chi connectivity index (χ1) is 10.0. The zero-order valence-corrected chi connectivity index (χ0v) is 13.5. The fraction of sp³-hybridized carbons (Fsp3) is 0.133. The van der Waals surface area contributed by atoms with E-state index >= 15 is 0 Å². The van der Waals surface area contributed by atoms with Crippen LogP contribution < -0.4 is 10.6 Å². The van der Waals surface area contributed by atoms with Crippen molar-refractivity contribution in [2.45, 2.75) is 6.92 Å². The molecule has 21 heavy (non-hydrogen) atoms. The molecule has 0 radical (unpaired) electrons. The molecule has 0 spiro atoms. The van der Waals surface area contributed by atoms with E-state index in [0.29, 0.717) is 38.6 Å². The molecule has 0 saturated carbocycles. The van der Waals surface area contributed by atoms with E-state index in [1.807, 2.05) is 6.92 Å². The normalized spacial score (nSPS) is 10.3. The molecule has 0 aromatic heterocycles. The van der Waals surface area contributed by atoms with Gasteiger partial charge in [-0.05, 0) is 43.3 Å². The number of amides is 1. The molecule has 0 heterocycles. The fourth-order valence-electron chi connectivity index (χ4n) is 1.83. The van der Waals surface area contributed by atoms with Gasteiger partial charge in [0.15, 0.2) is 0 Å². The molecule has 0 unspecified atom stereocenters. The summed E-state index contributed by atoms with van der Waals surface area (Å²) in [6, 6.07) is 9.99. The van der Waals surface area contributed by atoms with Gasteiger partial charge in [0.05, 0.1) is 16.3 Å². The number of nitrogens with one attached hydrogen (secondary N) is 2. The van der Waals surface area contributed by atoms with Crippen molar-refractivity contribution >= 4 is 52.1 Å². The molecule has 2 aromatic carbocycles. The minimum atomic E-state index is -0.294. The van der Waals surface area contributed by atoms with Crippen LogP contribution in [0.25, 0.3) is 0 Å². The van der Waals surface area contributed by atoms with Crippen LogP contribution in [-0.4, -0.2) is 12.5 Å². The highest BCUT2D eigenvalue weighted by Gasteiger charge is 2.13. The summed E-state index contributed by atoms with van der Waals surface area (Å²) in [5.74, 6) is -0.294. The summed E-state index contributed by atoms with van der Waals surface area (Å²) in [5.41, 5.74) is 1.66. The van der Waals surface area contributed by atoms with Crippen LogP contribution >= 0.6 is 34.8 Å². The second kappa shape index (κ2) is 7.03. The van der Waals surface area contributed by atoms with Gasteiger partial charge in [-0.25, -0.2) is 0 Å². The SMILES string of the molecule is CCNc1ccc(Cl)cc1C(=O)Nc1ccc(Cl)cc1Cl. The third-order valence-electron chi connectivity index (χ3n) is 2.77. The monoisotopic (exact) mass is 342 g/mol. The molecule has 3 nitrogen and oxygen atoms in total. The smallest absolute Gasteiger partial charge is 0.257 e. The van der Waals surface area contributed by atoms with Crippen molar-refractivity contribution in [2.75, 3.05) is 17.2 Å². The van der Waals surface area contributed by atoms with E-state index in [0.717, 1.165) is 0 Å². The number of rotatable bonds is 4. The van der Waals surface area contributed by atoms with E-state index in [1.54, 1.807) is 36.4 Å². The zero-order chi connectivity index (χ0) is 15.4. The van der Waals surface area contributed by atoms with Crippen molar-refractivity contribution in [1.29, 1.82) is 0 Å². The Morgan fingerprint density at radius 1 is 1.00 bits per heavy atom. The Kier molecular flexibility index (Phi) is 5.34. The highest BCUT2D eigenvalue weighted by atomic mass is 35.5. The van der Waals surface area contributed by atoms with Gasteiger partial charge in [0.2, 0.25) is 0 Å². The second-order valence-corrected chi connectivity index (χ2v) is 5.58. The number of halogens is 3. The van der Waals surface area contributed by atoms with Crippen molar-refractivity contribution < 1.29 is 4.79 Å². The van der Waals surface area contributed by atoms with Crippen LogP contribution in [0.2, 0.25) is 15.1 Å². The Hall–Kier alpha value is -1.42. The molecule has 6 heteroatoms. The predicted molar refractivity (Wildman–Crippen MR) is 90.0 cm³/mol. The molecule has 0 aliphatic carbocycles. The first kappa shape index (κ1) is 16.0. The lowest BCUT2D eigenvalue weighted by molar-refractivity contribution is 0.102.